The third-order valence-electron chi connectivity index (χ3n) is 3.91. The van der Waals surface area contributed by atoms with E-state index in [0.717, 1.165) is 18.4 Å². The lowest BCUT2D eigenvalue weighted by Crippen LogP contribution is -2.37. The summed E-state index contributed by atoms with van der Waals surface area (Å²) < 4.78 is 4.93. The highest BCUT2D eigenvalue weighted by molar-refractivity contribution is 6.34. The number of ether oxygens (including phenoxy) is 1. The third kappa shape index (κ3) is 4.87. The Bertz CT molecular complexity index is 465. The minimum atomic E-state index is -0.519. The molecule has 0 radical (unpaired) electrons. The van der Waals surface area contributed by atoms with Crippen molar-refractivity contribution in [3.8, 4) is 0 Å². The predicted molar refractivity (Wildman–Crippen MR) is 85.8 cm³/mol. The first-order valence-corrected chi connectivity index (χ1v) is 8.15. The molecule has 1 aromatic rings. The van der Waals surface area contributed by atoms with Crippen LogP contribution < -0.4 is 5.32 Å². The summed E-state index contributed by atoms with van der Waals surface area (Å²) in [5, 5.41) is 4.47. The quantitative estimate of drug-likeness (QED) is 0.651. The van der Waals surface area contributed by atoms with Crippen LogP contribution in [0.25, 0.3) is 0 Å². The molecule has 0 bridgehead atoms. The number of halogens is 2. The van der Waals surface area contributed by atoms with Gasteiger partial charge in [0.15, 0.2) is 0 Å². The summed E-state index contributed by atoms with van der Waals surface area (Å²) in [6.45, 7) is 0. The summed E-state index contributed by atoms with van der Waals surface area (Å²) in [6.07, 6.45) is 7.10. The molecule has 1 aromatic carbocycles. The van der Waals surface area contributed by atoms with Gasteiger partial charge in [-0.3, -0.25) is 5.32 Å². The van der Waals surface area contributed by atoms with Crippen molar-refractivity contribution in [3.63, 3.8) is 0 Å². The molecule has 0 heterocycles. The monoisotopic (exact) mass is 329 g/mol. The maximum atomic E-state index is 12.1. The Labute approximate surface area is 136 Å². The van der Waals surface area contributed by atoms with Crippen LogP contribution in [0.2, 0.25) is 10.0 Å². The topological polar surface area (TPSA) is 38.3 Å². The normalized spacial score (nSPS) is 18.0. The zero-order valence-corrected chi connectivity index (χ0v) is 13.7. The smallest absolute Gasteiger partial charge is 0.327 e. The average molecular weight is 330 g/mol. The Morgan fingerprint density at radius 2 is 1.71 bits per heavy atom. The Morgan fingerprint density at radius 3 is 2.24 bits per heavy atom. The van der Waals surface area contributed by atoms with Gasteiger partial charge in [0.2, 0.25) is 0 Å². The van der Waals surface area contributed by atoms with E-state index in [0.29, 0.717) is 16.1 Å². The van der Waals surface area contributed by atoms with E-state index in [1.165, 1.54) is 32.8 Å². The maximum absolute atomic E-state index is 12.1. The Kier molecular flexibility index (Phi) is 6.34. The number of esters is 1. The third-order valence-corrected chi connectivity index (χ3v) is 4.35. The first-order chi connectivity index (χ1) is 10.1. The van der Waals surface area contributed by atoms with Crippen molar-refractivity contribution < 1.29 is 9.53 Å². The van der Waals surface area contributed by atoms with E-state index in [-0.39, 0.29) is 5.97 Å². The lowest BCUT2D eigenvalue weighted by atomic mass is 10.0. The maximum Gasteiger partial charge on any atom is 0.327 e. The van der Waals surface area contributed by atoms with E-state index >= 15 is 0 Å². The molecule has 1 unspecified atom stereocenters. The number of hydrogen-bond donors (Lipinski definition) is 1. The Morgan fingerprint density at radius 1 is 1.14 bits per heavy atom. The molecule has 116 valence electrons. The van der Waals surface area contributed by atoms with Crippen molar-refractivity contribution in [2.45, 2.75) is 50.6 Å². The molecule has 0 aromatic heterocycles. The van der Waals surface area contributed by atoms with Crippen LogP contribution >= 0.6 is 23.2 Å². The molecular weight excluding hydrogens is 309 g/mol. The summed E-state index contributed by atoms with van der Waals surface area (Å²) in [5.41, 5.74) is 0.753. The largest absolute Gasteiger partial charge is 0.468 e. The van der Waals surface area contributed by atoms with E-state index in [9.17, 15) is 4.79 Å². The summed E-state index contributed by atoms with van der Waals surface area (Å²) >= 11 is 12.1. The molecule has 5 heteroatoms. The van der Waals surface area contributed by atoms with Crippen LogP contribution in [0.1, 0.15) is 50.1 Å². The molecule has 0 aliphatic heterocycles. The van der Waals surface area contributed by atoms with Crippen molar-refractivity contribution in [1.29, 1.82) is 0 Å². The lowest BCUT2D eigenvalue weighted by molar-refractivity contribution is -0.143. The molecule has 1 aliphatic rings. The lowest BCUT2D eigenvalue weighted by Gasteiger charge is -2.24. The predicted octanol–water partition coefficient (Wildman–Crippen LogP) is 4.52. The van der Waals surface area contributed by atoms with E-state index in [1.54, 1.807) is 18.2 Å². The van der Waals surface area contributed by atoms with Crippen LogP contribution in [-0.4, -0.2) is 19.1 Å². The van der Waals surface area contributed by atoms with Gasteiger partial charge < -0.3 is 4.74 Å². The van der Waals surface area contributed by atoms with Crippen LogP contribution in [0.5, 0.6) is 0 Å². The first kappa shape index (κ1) is 16.6. The first-order valence-electron chi connectivity index (χ1n) is 7.40. The minimum absolute atomic E-state index is 0.308. The van der Waals surface area contributed by atoms with Gasteiger partial charge in [-0.15, -0.1) is 0 Å². The van der Waals surface area contributed by atoms with Gasteiger partial charge in [0.05, 0.1) is 7.11 Å². The van der Waals surface area contributed by atoms with Crippen molar-refractivity contribution in [2.75, 3.05) is 7.11 Å². The highest BCUT2D eigenvalue weighted by Gasteiger charge is 2.25. The standard InChI is InChI=1S/C16H21Cl2NO2/c1-21-16(20)15(11-8-12(17)10-13(18)9-11)19-14-6-4-2-3-5-7-14/h8-10,14-15,19H,2-7H2,1H3. The van der Waals surface area contributed by atoms with Crippen LogP contribution in [0.15, 0.2) is 18.2 Å². The van der Waals surface area contributed by atoms with Crippen molar-refractivity contribution in [1.82, 2.24) is 5.32 Å². The molecule has 1 saturated carbocycles. The van der Waals surface area contributed by atoms with Gasteiger partial charge >= 0.3 is 5.97 Å². The van der Waals surface area contributed by atoms with Gasteiger partial charge in [-0.25, -0.2) is 4.79 Å². The van der Waals surface area contributed by atoms with Crippen LogP contribution in [0.4, 0.5) is 0 Å². The van der Waals surface area contributed by atoms with Gasteiger partial charge in [0, 0.05) is 16.1 Å². The molecule has 3 nitrogen and oxygen atoms in total. The molecule has 21 heavy (non-hydrogen) atoms. The fourth-order valence-corrected chi connectivity index (χ4v) is 3.38. The molecular formula is C16H21Cl2NO2. The summed E-state index contributed by atoms with van der Waals surface area (Å²) in [4.78, 5) is 12.1. The van der Waals surface area contributed by atoms with Crippen LogP contribution in [-0.2, 0) is 9.53 Å². The van der Waals surface area contributed by atoms with Gasteiger partial charge in [0.1, 0.15) is 6.04 Å². The number of carbonyl (C=O) groups is 1. The number of rotatable bonds is 4. The molecule has 2 rings (SSSR count). The molecule has 1 aliphatic carbocycles. The Hall–Kier alpha value is -0.770. The number of nitrogens with one attached hydrogen (secondary N) is 1. The van der Waals surface area contributed by atoms with Crippen molar-refractivity contribution in [2.24, 2.45) is 0 Å². The van der Waals surface area contributed by atoms with E-state index in [4.69, 9.17) is 27.9 Å². The SMILES string of the molecule is COC(=O)C(NC1CCCCCC1)c1cc(Cl)cc(Cl)c1. The van der Waals surface area contributed by atoms with Crippen molar-refractivity contribution in [3.05, 3.63) is 33.8 Å². The zero-order valence-electron chi connectivity index (χ0n) is 12.2. The highest BCUT2D eigenvalue weighted by Crippen LogP contribution is 2.26. The van der Waals surface area contributed by atoms with Crippen LogP contribution in [0, 0.1) is 0 Å². The average Bonchev–Trinajstić information content (AvgIpc) is 2.71. The second-order valence-corrected chi connectivity index (χ2v) is 6.39. The van der Waals surface area contributed by atoms with E-state index < -0.39 is 6.04 Å². The zero-order chi connectivity index (χ0) is 15.2. The fourth-order valence-electron chi connectivity index (χ4n) is 2.84. The highest BCUT2D eigenvalue weighted by atomic mass is 35.5. The Balaban J connectivity index is 2.19. The molecule has 1 fully saturated rings. The molecule has 0 amide bonds. The number of carbonyl (C=O) groups excluding carboxylic acids is 1. The molecule has 1 N–H and O–H groups in total. The van der Waals surface area contributed by atoms with Gasteiger partial charge in [-0.2, -0.15) is 0 Å². The summed E-state index contributed by atoms with van der Waals surface area (Å²) in [5.74, 6) is -0.308. The molecule has 0 spiro atoms. The molecule has 0 saturated heterocycles. The fraction of sp³-hybridized carbons (Fsp3) is 0.562. The number of methoxy groups -OCH3 is 1. The summed E-state index contributed by atoms with van der Waals surface area (Å²) in [7, 11) is 1.40. The molecule has 1 atom stereocenters. The van der Waals surface area contributed by atoms with Crippen LogP contribution in [0.3, 0.4) is 0 Å². The number of benzene rings is 1. The van der Waals surface area contributed by atoms with Gasteiger partial charge in [-0.05, 0) is 36.6 Å². The van der Waals surface area contributed by atoms with Gasteiger partial charge in [-0.1, -0.05) is 48.9 Å². The van der Waals surface area contributed by atoms with Gasteiger partial charge in [0.25, 0.3) is 0 Å². The minimum Gasteiger partial charge on any atom is -0.468 e. The van der Waals surface area contributed by atoms with Crippen molar-refractivity contribution >= 4 is 29.2 Å². The number of hydrogen-bond acceptors (Lipinski definition) is 3. The second kappa shape index (κ2) is 8.02. The second-order valence-electron chi connectivity index (χ2n) is 5.51. The van der Waals surface area contributed by atoms with E-state index in [1.807, 2.05) is 0 Å². The van der Waals surface area contributed by atoms with E-state index in [2.05, 4.69) is 5.32 Å². The summed E-state index contributed by atoms with van der Waals surface area (Å²) in [6, 6.07) is 4.99.